The van der Waals surface area contributed by atoms with Gasteiger partial charge in [-0.1, -0.05) is 6.07 Å². The van der Waals surface area contributed by atoms with Crippen LogP contribution in [-0.4, -0.2) is 5.84 Å². The predicted octanol–water partition coefficient (Wildman–Crippen LogP) is -0.168. The first kappa shape index (κ1) is 7.04. The molecule has 5 heteroatoms. The zero-order chi connectivity index (χ0) is 7.40. The molecule has 0 unspecified atom stereocenters. The van der Waals surface area contributed by atoms with Gasteiger partial charge >= 0.3 is 0 Å². The average molecular weight is 156 g/mol. The molecule has 0 amide bonds. The van der Waals surface area contributed by atoms with Gasteiger partial charge in [-0.05, 0) is 11.4 Å². The third-order valence-corrected chi connectivity index (χ3v) is 1.85. The van der Waals surface area contributed by atoms with E-state index in [0.717, 1.165) is 4.88 Å². The van der Waals surface area contributed by atoms with Crippen LogP contribution < -0.4 is 17.1 Å². The van der Waals surface area contributed by atoms with Crippen LogP contribution in [0.3, 0.4) is 0 Å². The average Bonchev–Trinajstić information content (AvgIpc) is 2.38. The molecule has 0 saturated heterocycles. The van der Waals surface area contributed by atoms with E-state index in [1.165, 1.54) is 11.3 Å². The van der Waals surface area contributed by atoms with E-state index >= 15 is 0 Å². The molecule has 1 aromatic rings. The Balaban J connectivity index is 2.77. The minimum atomic E-state index is 0.414. The monoisotopic (exact) mass is 156 g/mol. The third kappa shape index (κ3) is 1.46. The number of thiophene rings is 1. The number of rotatable bonds is 2. The van der Waals surface area contributed by atoms with Gasteiger partial charge in [0.2, 0.25) is 0 Å². The molecular formula is C5H8N4S. The highest BCUT2D eigenvalue weighted by Crippen LogP contribution is 2.06. The Kier molecular flexibility index (Phi) is 2.24. The molecule has 1 aromatic heterocycles. The maximum Gasteiger partial charge on any atom is 0.162 e. The molecular weight excluding hydrogens is 148 g/mol. The van der Waals surface area contributed by atoms with Gasteiger partial charge in [0.1, 0.15) is 0 Å². The molecule has 54 valence electrons. The first-order valence-corrected chi connectivity index (χ1v) is 3.55. The van der Waals surface area contributed by atoms with E-state index in [0.29, 0.717) is 5.84 Å². The molecule has 0 aliphatic heterocycles. The Hall–Kier alpha value is -1.07. The number of hydrogen-bond donors (Lipinski definition) is 3. The van der Waals surface area contributed by atoms with Crippen molar-refractivity contribution in [1.82, 2.24) is 5.53 Å². The zero-order valence-electron chi connectivity index (χ0n) is 5.24. The van der Waals surface area contributed by atoms with E-state index in [2.05, 4.69) is 10.6 Å². The highest BCUT2D eigenvalue weighted by atomic mass is 32.1. The fourth-order valence-corrected chi connectivity index (χ4v) is 1.18. The second kappa shape index (κ2) is 3.19. The summed E-state index contributed by atoms with van der Waals surface area (Å²) >= 11 is 1.52. The fraction of sp³-hybridized carbons (Fsp3) is 0. The van der Waals surface area contributed by atoms with Crippen LogP contribution in [0, 0.1) is 0 Å². The van der Waals surface area contributed by atoms with Crippen molar-refractivity contribution in [3.8, 4) is 0 Å². The number of nitrogens with two attached hydrogens (primary N) is 2. The second-order valence-corrected chi connectivity index (χ2v) is 2.55. The lowest BCUT2D eigenvalue weighted by atomic mass is 10.4. The van der Waals surface area contributed by atoms with Gasteiger partial charge in [-0.15, -0.1) is 16.4 Å². The van der Waals surface area contributed by atoms with Crippen molar-refractivity contribution in [3.63, 3.8) is 0 Å². The Bertz CT molecular complexity index is 216. The number of nitrogens with one attached hydrogen (secondary N) is 1. The first-order valence-electron chi connectivity index (χ1n) is 2.67. The summed E-state index contributed by atoms with van der Waals surface area (Å²) in [7, 11) is 0. The summed E-state index contributed by atoms with van der Waals surface area (Å²) in [5, 5.41) is 5.52. The minimum Gasteiger partial charge on any atom is -0.381 e. The van der Waals surface area contributed by atoms with Gasteiger partial charge in [-0.2, -0.15) is 0 Å². The van der Waals surface area contributed by atoms with Gasteiger partial charge in [0, 0.05) is 0 Å². The third-order valence-electron chi connectivity index (χ3n) is 0.959. The number of hydrazine groups is 1. The fourth-order valence-electron chi connectivity index (χ4n) is 0.549. The van der Waals surface area contributed by atoms with Crippen LogP contribution in [0.5, 0.6) is 0 Å². The summed E-state index contributed by atoms with van der Waals surface area (Å²) in [4.78, 5) is 0.915. The van der Waals surface area contributed by atoms with Crippen molar-refractivity contribution in [3.05, 3.63) is 22.4 Å². The molecule has 1 heterocycles. The maximum absolute atomic E-state index is 5.47. The quantitative estimate of drug-likeness (QED) is 0.241. The van der Waals surface area contributed by atoms with Gasteiger partial charge in [-0.25, -0.2) is 11.4 Å². The predicted molar refractivity (Wildman–Crippen MR) is 42.4 cm³/mol. The van der Waals surface area contributed by atoms with Crippen LogP contribution in [0.4, 0.5) is 0 Å². The van der Waals surface area contributed by atoms with E-state index < -0.39 is 0 Å². The summed E-state index contributed by atoms with van der Waals surface area (Å²) in [6.07, 6.45) is 0. The Labute approximate surface area is 62.5 Å². The van der Waals surface area contributed by atoms with Crippen LogP contribution >= 0.6 is 11.3 Å². The van der Waals surface area contributed by atoms with Crippen LogP contribution in [0.1, 0.15) is 4.88 Å². The Morgan fingerprint density at radius 2 is 2.50 bits per heavy atom. The van der Waals surface area contributed by atoms with Gasteiger partial charge in [0.25, 0.3) is 0 Å². The number of amidine groups is 1. The summed E-state index contributed by atoms with van der Waals surface area (Å²) in [5.41, 5.74) is 7.59. The summed E-state index contributed by atoms with van der Waals surface area (Å²) in [6.45, 7) is 0. The van der Waals surface area contributed by atoms with Gasteiger partial charge < -0.3 is 5.73 Å². The second-order valence-electron chi connectivity index (χ2n) is 1.60. The standard InChI is InChI=1S/C5H8N4S/c6-5(8-9-7)4-2-1-3-10-4/h1-3,9H,7H2,(H2,6,8). The van der Waals surface area contributed by atoms with E-state index in [-0.39, 0.29) is 0 Å². The van der Waals surface area contributed by atoms with Crippen molar-refractivity contribution in [2.24, 2.45) is 16.7 Å². The maximum atomic E-state index is 5.47. The van der Waals surface area contributed by atoms with E-state index in [9.17, 15) is 0 Å². The molecule has 0 aliphatic rings. The van der Waals surface area contributed by atoms with Crippen molar-refractivity contribution < 1.29 is 0 Å². The molecule has 1 rings (SSSR count). The van der Waals surface area contributed by atoms with E-state index in [1.54, 1.807) is 0 Å². The Morgan fingerprint density at radius 3 is 3.00 bits per heavy atom. The summed E-state index contributed by atoms with van der Waals surface area (Å²) in [5.74, 6) is 5.34. The van der Waals surface area contributed by atoms with Crippen LogP contribution in [-0.2, 0) is 0 Å². The molecule has 0 bridgehead atoms. The van der Waals surface area contributed by atoms with Crippen molar-refractivity contribution in [2.45, 2.75) is 0 Å². The molecule has 5 N–H and O–H groups in total. The molecule has 0 atom stereocenters. The van der Waals surface area contributed by atoms with Crippen LogP contribution in [0.2, 0.25) is 0 Å². The lowest BCUT2D eigenvalue weighted by Gasteiger charge is -1.93. The van der Waals surface area contributed by atoms with Crippen molar-refractivity contribution in [1.29, 1.82) is 0 Å². The van der Waals surface area contributed by atoms with Gasteiger partial charge in [0.05, 0.1) is 4.88 Å². The lowest BCUT2D eigenvalue weighted by Crippen LogP contribution is -2.22. The normalized spacial score (nSPS) is 11.5. The zero-order valence-corrected chi connectivity index (χ0v) is 6.06. The molecule has 4 nitrogen and oxygen atoms in total. The SMILES string of the molecule is NN/N=C(\N)c1cccs1. The number of hydrazone groups is 1. The van der Waals surface area contributed by atoms with Gasteiger partial charge in [0.15, 0.2) is 5.84 Å². The first-order chi connectivity index (χ1) is 4.84. The topological polar surface area (TPSA) is 76.4 Å². The molecule has 10 heavy (non-hydrogen) atoms. The lowest BCUT2D eigenvalue weighted by molar-refractivity contribution is 0.804. The molecule has 0 aliphatic carbocycles. The molecule has 0 spiro atoms. The smallest absolute Gasteiger partial charge is 0.162 e. The largest absolute Gasteiger partial charge is 0.381 e. The molecule has 0 saturated carbocycles. The number of hydrogen-bond acceptors (Lipinski definition) is 4. The van der Waals surface area contributed by atoms with Crippen LogP contribution in [0.15, 0.2) is 22.6 Å². The Morgan fingerprint density at radius 1 is 1.70 bits per heavy atom. The van der Waals surface area contributed by atoms with Crippen molar-refractivity contribution in [2.75, 3.05) is 0 Å². The summed E-state index contributed by atoms with van der Waals surface area (Å²) < 4.78 is 0. The minimum absolute atomic E-state index is 0.414. The van der Waals surface area contributed by atoms with Gasteiger partial charge in [-0.3, -0.25) is 0 Å². The highest BCUT2D eigenvalue weighted by Gasteiger charge is 1.95. The summed E-state index contributed by atoms with van der Waals surface area (Å²) in [6, 6.07) is 3.78. The molecule has 0 radical (unpaired) electrons. The number of nitrogens with zero attached hydrogens (tertiary/aromatic N) is 1. The molecule has 0 fully saturated rings. The molecule has 0 aromatic carbocycles. The van der Waals surface area contributed by atoms with E-state index in [1.807, 2.05) is 17.5 Å². The highest BCUT2D eigenvalue weighted by molar-refractivity contribution is 7.12. The van der Waals surface area contributed by atoms with Crippen molar-refractivity contribution >= 4 is 17.2 Å². The van der Waals surface area contributed by atoms with Crippen LogP contribution in [0.25, 0.3) is 0 Å². The van der Waals surface area contributed by atoms with E-state index in [4.69, 9.17) is 11.6 Å².